The van der Waals surface area contributed by atoms with Gasteiger partial charge in [0.1, 0.15) is 18.1 Å². The standard InChI is InChI=1S/C16H18O5/c1-11-13(9-15(21-11)16(17)18)10-20-14-5-3-12(4-6-14)7-8-19-2/h3-6,9H,7-8,10H2,1-2H3,(H,17,18). The summed E-state index contributed by atoms with van der Waals surface area (Å²) < 4.78 is 15.8. The SMILES string of the molecule is COCCc1ccc(OCc2cc(C(=O)O)oc2C)cc1. The highest BCUT2D eigenvalue weighted by Crippen LogP contribution is 2.19. The molecule has 21 heavy (non-hydrogen) atoms. The monoisotopic (exact) mass is 290 g/mol. The summed E-state index contributed by atoms with van der Waals surface area (Å²) in [7, 11) is 1.68. The maximum atomic E-state index is 10.8. The lowest BCUT2D eigenvalue weighted by molar-refractivity contribution is 0.0661. The zero-order valence-electron chi connectivity index (χ0n) is 12.1. The van der Waals surface area contributed by atoms with Crippen LogP contribution in [0.3, 0.4) is 0 Å². The summed E-state index contributed by atoms with van der Waals surface area (Å²) in [6.07, 6.45) is 0.861. The number of hydrogen-bond donors (Lipinski definition) is 1. The average Bonchev–Trinajstić information content (AvgIpc) is 2.85. The fraction of sp³-hybridized carbons (Fsp3) is 0.312. The number of aryl methyl sites for hydroxylation is 1. The van der Waals surface area contributed by atoms with Crippen molar-refractivity contribution in [3.05, 3.63) is 53.0 Å². The van der Waals surface area contributed by atoms with E-state index in [1.54, 1.807) is 14.0 Å². The highest BCUT2D eigenvalue weighted by Gasteiger charge is 2.13. The first-order chi connectivity index (χ1) is 10.1. The number of carbonyl (C=O) groups is 1. The van der Waals surface area contributed by atoms with Crippen LogP contribution in [0.1, 0.15) is 27.4 Å². The van der Waals surface area contributed by atoms with Crippen LogP contribution in [0, 0.1) is 6.92 Å². The molecule has 5 nitrogen and oxygen atoms in total. The molecule has 0 spiro atoms. The van der Waals surface area contributed by atoms with Gasteiger partial charge in [-0.3, -0.25) is 0 Å². The number of ether oxygens (including phenoxy) is 2. The molecule has 0 bridgehead atoms. The molecule has 1 aromatic carbocycles. The number of aromatic carboxylic acids is 1. The molecule has 0 amide bonds. The zero-order chi connectivity index (χ0) is 15.2. The minimum Gasteiger partial charge on any atom is -0.489 e. The summed E-state index contributed by atoms with van der Waals surface area (Å²) in [5, 5.41) is 8.86. The Labute approximate surface area is 123 Å². The first-order valence-electron chi connectivity index (χ1n) is 6.63. The Morgan fingerprint density at radius 2 is 2.00 bits per heavy atom. The van der Waals surface area contributed by atoms with E-state index in [1.807, 2.05) is 24.3 Å². The number of benzene rings is 1. The summed E-state index contributed by atoms with van der Waals surface area (Å²) in [6.45, 7) is 2.69. The van der Waals surface area contributed by atoms with Crippen LogP contribution >= 0.6 is 0 Å². The number of methoxy groups -OCH3 is 1. The molecule has 112 valence electrons. The van der Waals surface area contributed by atoms with Gasteiger partial charge in [0.15, 0.2) is 0 Å². The first kappa shape index (κ1) is 15.1. The van der Waals surface area contributed by atoms with Gasteiger partial charge in [-0.05, 0) is 37.1 Å². The third-order valence-electron chi connectivity index (χ3n) is 3.14. The predicted octanol–water partition coefficient (Wildman–Crippen LogP) is 3.05. The third kappa shape index (κ3) is 4.10. The lowest BCUT2D eigenvalue weighted by atomic mass is 10.1. The molecule has 0 aliphatic rings. The van der Waals surface area contributed by atoms with E-state index in [9.17, 15) is 4.79 Å². The summed E-state index contributed by atoms with van der Waals surface area (Å²) in [5.41, 5.74) is 1.91. The van der Waals surface area contributed by atoms with Crippen LogP contribution in [0.25, 0.3) is 0 Å². The topological polar surface area (TPSA) is 68.9 Å². The van der Waals surface area contributed by atoms with Crippen molar-refractivity contribution in [3.63, 3.8) is 0 Å². The van der Waals surface area contributed by atoms with Crippen LogP contribution in [-0.4, -0.2) is 24.8 Å². The molecular formula is C16H18O5. The molecule has 0 aliphatic heterocycles. The van der Waals surface area contributed by atoms with Gasteiger partial charge in [-0.1, -0.05) is 12.1 Å². The fourth-order valence-electron chi connectivity index (χ4n) is 1.90. The van der Waals surface area contributed by atoms with Gasteiger partial charge < -0.3 is 19.0 Å². The third-order valence-corrected chi connectivity index (χ3v) is 3.14. The highest BCUT2D eigenvalue weighted by molar-refractivity contribution is 5.84. The van der Waals surface area contributed by atoms with Crippen molar-refractivity contribution in [1.82, 2.24) is 0 Å². The normalized spacial score (nSPS) is 10.6. The van der Waals surface area contributed by atoms with Crippen molar-refractivity contribution in [2.75, 3.05) is 13.7 Å². The summed E-state index contributed by atoms with van der Waals surface area (Å²) in [4.78, 5) is 10.8. The second-order valence-electron chi connectivity index (χ2n) is 4.67. The van der Waals surface area contributed by atoms with Gasteiger partial charge in [-0.25, -0.2) is 4.79 Å². The Morgan fingerprint density at radius 3 is 2.57 bits per heavy atom. The molecule has 0 saturated heterocycles. The molecule has 1 heterocycles. The molecule has 0 radical (unpaired) electrons. The summed E-state index contributed by atoms with van der Waals surface area (Å²) >= 11 is 0. The van der Waals surface area contributed by atoms with Crippen LogP contribution in [0.2, 0.25) is 0 Å². The molecule has 2 aromatic rings. The van der Waals surface area contributed by atoms with Gasteiger partial charge in [0.25, 0.3) is 0 Å². The molecule has 0 fully saturated rings. The maximum absolute atomic E-state index is 10.8. The van der Waals surface area contributed by atoms with Gasteiger partial charge in [0.2, 0.25) is 5.76 Å². The Hall–Kier alpha value is -2.27. The van der Waals surface area contributed by atoms with Gasteiger partial charge in [0, 0.05) is 12.7 Å². The smallest absolute Gasteiger partial charge is 0.371 e. The van der Waals surface area contributed by atoms with Crippen LogP contribution in [0.15, 0.2) is 34.7 Å². The number of rotatable bonds is 7. The van der Waals surface area contributed by atoms with E-state index in [0.29, 0.717) is 12.4 Å². The van der Waals surface area contributed by atoms with Gasteiger partial charge in [-0.15, -0.1) is 0 Å². The second-order valence-corrected chi connectivity index (χ2v) is 4.67. The van der Waals surface area contributed by atoms with E-state index in [2.05, 4.69) is 0 Å². The molecule has 1 aromatic heterocycles. The van der Waals surface area contributed by atoms with E-state index in [4.69, 9.17) is 19.0 Å². The van der Waals surface area contributed by atoms with Gasteiger partial charge in [-0.2, -0.15) is 0 Å². The van der Waals surface area contributed by atoms with Gasteiger partial charge >= 0.3 is 5.97 Å². The van der Waals surface area contributed by atoms with E-state index < -0.39 is 5.97 Å². The molecule has 1 N–H and O–H groups in total. The molecule has 5 heteroatoms. The number of furan rings is 1. The molecule has 0 atom stereocenters. The number of carboxylic acids is 1. The van der Waals surface area contributed by atoms with Gasteiger partial charge in [0.05, 0.1) is 6.61 Å². The quantitative estimate of drug-likeness (QED) is 0.848. The average molecular weight is 290 g/mol. The summed E-state index contributed by atoms with van der Waals surface area (Å²) in [5.74, 6) is 0.144. The lowest BCUT2D eigenvalue weighted by Crippen LogP contribution is -1.97. The van der Waals surface area contributed by atoms with E-state index >= 15 is 0 Å². The molecule has 0 aliphatic carbocycles. The Morgan fingerprint density at radius 1 is 1.29 bits per heavy atom. The van der Waals surface area contributed by atoms with Crippen molar-refractivity contribution in [2.24, 2.45) is 0 Å². The molecule has 0 unspecified atom stereocenters. The highest BCUT2D eigenvalue weighted by atomic mass is 16.5. The van der Waals surface area contributed by atoms with E-state index in [-0.39, 0.29) is 12.4 Å². The largest absolute Gasteiger partial charge is 0.489 e. The van der Waals surface area contributed by atoms with Crippen molar-refractivity contribution < 1.29 is 23.8 Å². The Bertz CT molecular complexity index is 598. The molecule has 0 saturated carbocycles. The van der Waals surface area contributed by atoms with E-state index in [1.165, 1.54) is 11.6 Å². The molecule has 2 rings (SSSR count). The van der Waals surface area contributed by atoms with E-state index in [0.717, 1.165) is 17.7 Å². The van der Waals surface area contributed by atoms with Crippen molar-refractivity contribution in [3.8, 4) is 5.75 Å². The molecular weight excluding hydrogens is 272 g/mol. The number of hydrogen-bond acceptors (Lipinski definition) is 4. The minimum atomic E-state index is -1.08. The van der Waals surface area contributed by atoms with Crippen molar-refractivity contribution in [1.29, 1.82) is 0 Å². The predicted molar refractivity (Wildman–Crippen MR) is 76.8 cm³/mol. The van der Waals surface area contributed by atoms with Crippen LogP contribution in [0.5, 0.6) is 5.75 Å². The first-order valence-corrected chi connectivity index (χ1v) is 6.63. The minimum absolute atomic E-state index is 0.0685. The van der Waals surface area contributed by atoms with Crippen molar-refractivity contribution in [2.45, 2.75) is 20.0 Å². The zero-order valence-corrected chi connectivity index (χ0v) is 12.1. The summed E-state index contributed by atoms with van der Waals surface area (Å²) in [6, 6.07) is 9.24. The lowest BCUT2D eigenvalue weighted by Gasteiger charge is -2.06. The van der Waals surface area contributed by atoms with Crippen LogP contribution < -0.4 is 4.74 Å². The van der Waals surface area contributed by atoms with Crippen LogP contribution in [0.4, 0.5) is 0 Å². The maximum Gasteiger partial charge on any atom is 0.371 e. The van der Waals surface area contributed by atoms with Crippen LogP contribution in [-0.2, 0) is 17.8 Å². The fourth-order valence-corrected chi connectivity index (χ4v) is 1.90. The number of carboxylic acid groups (broad SMARTS) is 1. The van der Waals surface area contributed by atoms with Crippen molar-refractivity contribution >= 4 is 5.97 Å². The Balaban J connectivity index is 1.95. The second kappa shape index (κ2) is 6.95. The Kier molecular flexibility index (Phi) is 5.00.